The molecule has 0 aliphatic heterocycles. The van der Waals surface area contributed by atoms with Gasteiger partial charge in [-0.1, -0.05) is 24.4 Å². The molecule has 2 rings (SSSR count). The van der Waals surface area contributed by atoms with Crippen molar-refractivity contribution in [1.82, 2.24) is 5.32 Å². The summed E-state index contributed by atoms with van der Waals surface area (Å²) in [5.41, 5.74) is 0.702. The predicted molar refractivity (Wildman–Crippen MR) is 73.6 cm³/mol. The SMILES string of the molecule is O=C(Nc1ccc(Br)c(Cl)c1)NC1CCCC1. The van der Waals surface area contributed by atoms with Crippen LogP contribution in [0.1, 0.15) is 25.7 Å². The molecule has 0 atom stereocenters. The van der Waals surface area contributed by atoms with Crippen LogP contribution in [0.15, 0.2) is 22.7 Å². The Hall–Kier alpha value is -0.740. The number of anilines is 1. The van der Waals surface area contributed by atoms with E-state index in [1.165, 1.54) is 12.8 Å². The van der Waals surface area contributed by atoms with Crippen molar-refractivity contribution < 1.29 is 4.79 Å². The van der Waals surface area contributed by atoms with Gasteiger partial charge in [-0.05, 0) is 47.0 Å². The number of rotatable bonds is 2. The fourth-order valence-corrected chi connectivity index (χ4v) is 2.42. The topological polar surface area (TPSA) is 41.1 Å². The molecule has 1 saturated carbocycles. The number of hydrogen-bond acceptors (Lipinski definition) is 1. The van der Waals surface area contributed by atoms with Gasteiger partial charge in [-0.15, -0.1) is 0 Å². The number of benzene rings is 1. The third kappa shape index (κ3) is 3.61. The fourth-order valence-electron chi connectivity index (χ4n) is 2.00. The number of hydrogen-bond donors (Lipinski definition) is 2. The maximum absolute atomic E-state index is 11.7. The van der Waals surface area contributed by atoms with Gasteiger partial charge in [-0.2, -0.15) is 0 Å². The van der Waals surface area contributed by atoms with Crippen LogP contribution < -0.4 is 10.6 Å². The molecule has 1 aliphatic carbocycles. The lowest BCUT2D eigenvalue weighted by molar-refractivity contribution is 0.248. The summed E-state index contributed by atoms with van der Waals surface area (Å²) >= 11 is 9.26. The molecule has 17 heavy (non-hydrogen) atoms. The zero-order valence-electron chi connectivity index (χ0n) is 9.30. The van der Waals surface area contributed by atoms with Gasteiger partial charge in [0.2, 0.25) is 0 Å². The molecular formula is C12H14BrClN2O. The maximum atomic E-state index is 11.7. The Morgan fingerprint density at radius 3 is 2.71 bits per heavy atom. The van der Waals surface area contributed by atoms with Crippen molar-refractivity contribution >= 4 is 39.2 Å². The molecule has 1 aliphatic rings. The normalized spacial score (nSPS) is 15.9. The van der Waals surface area contributed by atoms with E-state index < -0.39 is 0 Å². The molecule has 3 nitrogen and oxygen atoms in total. The quantitative estimate of drug-likeness (QED) is 0.844. The second-order valence-electron chi connectivity index (χ2n) is 4.21. The van der Waals surface area contributed by atoms with Gasteiger partial charge in [-0.3, -0.25) is 0 Å². The fraction of sp³-hybridized carbons (Fsp3) is 0.417. The van der Waals surface area contributed by atoms with Gasteiger partial charge in [0.05, 0.1) is 5.02 Å². The molecule has 2 amide bonds. The highest BCUT2D eigenvalue weighted by Gasteiger charge is 2.16. The zero-order chi connectivity index (χ0) is 12.3. The Labute approximate surface area is 114 Å². The molecule has 0 spiro atoms. The van der Waals surface area contributed by atoms with E-state index in [9.17, 15) is 4.79 Å². The second kappa shape index (κ2) is 5.74. The number of carbonyl (C=O) groups excluding carboxylic acids is 1. The van der Waals surface area contributed by atoms with Crippen LogP contribution in [0, 0.1) is 0 Å². The van der Waals surface area contributed by atoms with E-state index in [1.807, 2.05) is 12.1 Å². The van der Waals surface area contributed by atoms with Crippen LogP contribution in [0.3, 0.4) is 0 Å². The van der Waals surface area contributed by atoms with Gasteiger partial charge in [0.25, 0.3) is 0 Å². The van der Waals surface area contributed by atoms with Crippen LogP contribution in [0.2, 0.25) is 5.02 Å². The molecule has 0 bridgehead atoms. The largest absolute Gasteiger partial charge is 0.335 e. The van der Waals surface area contributed by atoms with Gasteiger partial charge in [0.1, 0.15) is 0 Å². The van der Waals surface area contributed by atoms with Gasteiger partial charge >= 0.3 is 6.03 Å². The summed E-state index contributed by atoms with van der Waals surface area (Å²) in [5.74, 6) is 0. The maximum Gasteiger partial charge on any atom is 0.319 e. The summed E-state index contributed by atoms with van der Waals surface area (Å²) in [7, 11) is 0. The van der Waals surface area contributed by atoms with Gasteiger partial charge < -0.3 is 10.6 Å². The van der Waals surface area contributed by atoms with Crippen molar-refractivity contribution in [3.05, 3.63) is 27.7 Å². The molecule has 0 aromatic heterocycles. The highest BCUT2D eigenvalue weighted by atomic mass is 79.9. The minimum Gasteiger partial charge on any atom is -0.335 e. The van der Waals surface area contributed by atoms with Crippen LogP contribution in [0.5, 0.6) is 0 Å². The molecule has 1 fully saturated rings. The third-order valence-corrected chi connectivity index (χ3v) is 4.10. The van der Waals surface area contributed by atoms with E-state index in [0.29, 0.717) is 16.8 Å². The molecular weight excluding hydrogens is 304 g/mol. The highest BCUT2D eigenvalue weighted by Crippen LogP contribution is 2.25. The van der Waals surface area contributed by atoms with E-state index in [0.717, 1.165) is 17.3 Å². The van der Waals surface area contributed by atoms with Crippen molar-refractivity contribution in [2.45, 2.75) is 31.7 Å². The monoisotopic (exact) mass is 316 g/mol. The Kier molecular flexibility index (Phi) is 4.29. The van der Waals surface area contributed by atoms with Gasteiger partial charge in [-0.25, -0.2) is 4.79 Å². The average molecular weight is 318 g/mol. The summed E-state index contributed by atoms with van der Waals surface area (Å²) in [5, 5.41) is 6.32. The molecule has 0 saturated heterocycles. The lowest BCUT2D eigenvalue weighted by Gasteiger charge is -2.13. The molecule has 0 unspecified atom stereocenters. The molecule has 1 aromatic carbocycles. The number of urea groups is 1. The lowest BCUT2D eigenvalue weighted by Crippen LogP contribution is -2.36. The molecule has 1 aromatic rings. The summed E-state index contributed by atoms with van der Waals surface area (Å²) in [6.07, 6.45) is 4.56. The van der Waals surface area contributed by atoms with Gasteiger partial charge in [0.15, 0.2) is 0 Å². The first-order valence-electron chi connectivity index (χ1n) is 5.68. The average Bonchev–Trinajstić information content (AvgIpc) is 2.76. The first-order valence-corrected chi connectivity index (χ1v) is 6.85. The minimum atomic E-state index is -0.157. The van der Waals surface area contributed by atoms with E-state index in [4.69, 9.17) is 11.6 Å². The van der Waals surface area contributed by atoms with Crippen molar-refractivity contribution in [3.8, 4) is 0 Å². The first-order chi connectivity index (χ1) is 8.15. The Bertz CT molecular complexity index is 419. The van der Waals surface area contributed by atoms with Gasteiger partial charge in [0, 0.05) is 16.2 Å². The third-order valence-electron chi connectivity index (χ3n) is 2.87. The number of halogens is 2. The lowest BCUT2D eigenvalue weighted by atomic mass is 10.2. The highest BCUT2D eigenvalue weighted by molar-refractivity contribution is 9.10. The second-order valence-corrected chi connectivity index (χ2v) is 5.47. The smallest absolute Gasteiger partial charge is 0.319 e. The Morgan fingerprint density at radius 2 is 2.06 bits per heavy atom. The molecule has 0 radical (unpaired) electrons. The van der Waals surface area contributed by atoms with Crippen molar-refractivity contribution in [1.29, 1.82) is 0 Å². The molecule has 2 N–H and O–H groups in total. The molecule has 5 heteroatoms. The van der Waals surface area contributed by atoms with E-state index in [1.54, 1.807) is 6.07 Å². The van der Waals surface area contributed by atoms with Crippen LogP contribution in [-0.4, -0.2) is 12.1 Å². The Balaban J connectivity index is 1.90. The number of amides is 2. The van der Waals surface area contributed by atoms with Crippen LogP contribution in [0.25, 0.3) is 0 Å². The summed E-state index contributed by atoms with van der Waals surface area (Å²) < 4.78 is 0.820. The predicted octanol–water partition coefficient (Wildman–Crippen LogP) is 4.17. The molecule has 92 valence electrons. The van der Waals surface area contributed by atoms with E-state index in [2.05, 4.69) is 26.6 Å². The summed E-state index contributed by atoms with van der Waals surface area (Å²) in [6.45, 7) is 0. The van der Waals surface area contributed by atoms with Crippen molar-refractivity contribution in [2.75, 3.05) is 5.32 Å². The summed E-state index contributed by atoms with van der Waals surface area (Å²) in [6, 6.07) is 5.51. The van der Waals surface area contributed by atoms with E-state index >= 15 is 0 Å². The van der Waals surface area contributed by atoms with Crippen molar-refractivity contribution in [2.24, 2.45) is 0 Å². The number of nitrogens with one attached hydrogen (secondary N) is 2. The zero-order valence-corrected chi connectivity index (χ0v) is 11.6. The van der Waals surface area contributed by atoms with Crippen LogP contribution in [0.4, 0.5) is 10.5 Å². The van der Waals surface area contributed by atoms with Crippen LogP contribution in [-0.2, 0) is 0 Å². The summed E-state index contributed by atoms with van der Waals surface area (Å²) in [4.78, 5) is 11.7. The minimum absolute atomic E-state index is 0.157. The van der Waals surface area contributed by atoms with E-state index in [-0.39, 0.29) is 6.03 Å². The van der Waals surface area contributed by atoms with Crippen molar-refractivity contribution in [3.63, 3.8) is 0 Å². The standard InChI is InChI=1S/C12H14BrClN2O/c13-10-6-5-9(7-11(10)14)16-12(17)15-8-3-1-2-4-8/h5-8H,1-4H2,(H2,15,16,17). The first kappa shape index (κ1) is 12.7. The molecule has 0 heterocycles. The number of carbonyl (C=O) groups is 1. The van der Waals surface area contributed by atoms with Crippen LogP contribution >= 0.6 is 27.5 Å². The Morgan fingerprint density at radius 1 is 1.35 bits per heavy atom.